The molecule has 1 saturated heterocycles. The summed E-state index contributed by atoms with van der Waals surface area (Å²) >= 11 is 0. The number of hydrogen-bond donors (Lipinski definition) is 2. The van der Waals surface area contributed by atoms with Crippen molar-refractivity contribution in [3.63, 3.8) is 0 Å². The first kappa shape index (κ1) is 15.2. The van der Waals surface area contributed by atoms with Gasteiger partial charge in [-0.05, 0) is 14.1 Å². The van der Waals surface area contributed by atoms with Gasteiger partial charge >= 0.3 is 0 Å². The summed E-state index contributed by atoms with van der Waals surface area (Å²) in [6, 6.07) is 1.31. The Labute approximate surface area is 118 Å². The van der Waals surface area contributed by atoms with Crippen molar-refractivity contribution >= 4 is 10.0 Å². The molecule has 2 rings (SSSR count). The van der Waals surface area contributed by atoms with E-state index in [1.165, 1.54) is 18.5 Å². The molecule has 1 aliphatic rings. The molecule has 1 unspecified atom stereocenters. The molecule has 1 atom stereocenters. The molecule has 1 aliphatic heterocycles. The van der Waals surface area contributed by atoms with Gasteiger partial charge in [0.2, 0.25) is 15.5 Å². The highest BCUT2D eigenvalue weighted by atomic mass is 32.2. The maximum absolute atomic E-state index is 12.1. The van der Waals surface area contributed by atoms with E-state index in [1.807, 2.05) is 14.1 Å². The molecule has 0 aliphatic carbocycles. The number of piperazine rings is 1. The molecular formula is C12H20N4O3S. The van der Waals surface area contributed by atoms with Gasteiger partial charge in [0.05, 0.1) is 0 Å². The molecule has 0 spiro atoms. The molecule has 0 amide bonds. The van der Waals surface area contributed by atoms with Crippen molar-refractivity contribution in [1.29, 1.82) is 0 Å². The van der Waals surface area contributed by atoms with Crippen LogP contribution in [0.3, 0.4) is 0 Å². The molecule has 2 N–H and O–H groups in total. The fourth-order valence-electron chi connectivity index (χ4n) is 2.22. The van der Waals surface area contributed by atoms with E-state index in [0.29, 0.717) is 0 Å². The highest BCUT2D eigenvalue weighted by Crippen LogP contribution is 2.06. The van der Waals surface area contributed by atoms with E-state index >= 15 is 0 Å². The normalized spacial score (nSPS) is 22.0. The molecule has 0 saturated carbocycles. The molecule has 2 heterocycles. The molecule has 1 fully saturated rings. The predicted octanol–water partition coefficient (Wildman–Crippen LogP) is -1.10. The summed E-state index contributed by atoms with van der Waals surface area (Å²) in [7, 11) is 0.214. The van der Waals surface area contributed by atoms with Gasteiger partial charge in [0, 0.05) is 50.7 Å². The molecule has 1 aromatic rings. The first-order valence-electron chi connectivity index (χ1n) is 6.46. The van der Waals surface area contributed by atoms with Gasteiger partial charge < -0.3 is 9.88 Å². The van der Waals surface area contributed by atoms with Crippen LogP contribution in [0.5, 0.6) is 0 Å². The topological polar surface area (TPSA) is 85.5 Å². The third-order valence-corrected chi connectivity index (χ3v) is 5.01. The first-order valence-corrected chi connectivity index (χ1v) is 7.94. The fraction of sp³-hybridized carbons (Fsp3) is 0.583. The number of H-pyrrole nitrogens is 1. The Balaban J connectivity index is 2.06. The van der Waals surface area contributed by atoms with Crippen molar-refractivity contribution < 1.29 is 8.42 Å². The lowest BCUT2D eigenvalue weighted by atomic mass is 10.2. The van der Waals surface area contributed by atoms with Gasteiger partial charge in [0.25, 0.3) is 0 Å². The molecule has 8 heteroatoms. The van der Waals surface area contributed by atoms with E-state index in [0.717, 1.165) is 19.6 Å². The summed E-state index contributed by atoms with van der Waals surface area (Å²) in [5.41, 5.74) is -0.509. The van der Waals surface area contributed by atoms with E-state index in [2.05, 4.69) is 19.5 Å². The number of rotatable bonds is 4. The quantitative estimate of drug-likeness (QED) is 0.737. The fourth-order valence-corrected chi connectivity index (χ4v) is 3.34. The van der Waals surface area contributed by atoms with Crippen LogP contribution in [0.2, 0.25) is 0 Å². The van der Waals surface area contributed by atoms with Gasteiger partial charge in [-0.3, -0.25) is 9.69 Å². The van der Waals surface area contributed by atoms with Gasteiger partial charge in [-0.1, -0.05) is 0 Å². The summed E-state index contributed by atoms with van der Waals surface area (Å²) in [4.78, 5) is 18.2. The van der Waals surface area contributed by atoms with Crippen molar-refractivity contribution in [2.24, 2.45) is 0 Å². The first-order chi connectivity index (χ1) is 9.40. The Hall–Kier alpha value is -1.22. The summed E-state index contributed by atoms with van der Waals surface area (Å²) in [5.74, 6) is 0. The van der Waals surface area contributed by atoms with Gasteiger partial charge in [0.15, 0.2) is 0 Å². The number of aromatic amines is 1. The minimum atomic E-state index is -3.77. The predicted molar refractivity (Wildman–Crippen MR) is 76.2 cm³/mol. The minimum Gasteiger partial charge on any atom is -0.366 e. The Morgan fingerprint density at radius 1 is 1.40 bits per heavy atom. The molecule has 112 valence electrons. The zero-order valence-electron chi connectivity index (χ0n) is 11.7. The van der Waals surface area contributed by atoms with E-state index in [-0.39, 0.29) is 17.5 Å². The summed E-state index contributed by atoms with van der Waals surface area (Å²) < 4.78 is 26.8. The van der Waals surface area contributed by atoms with E-state index in [1.54, 1.807) is 0 Å². The minimum absolute atomic E-state index is 0.103. The summed E-state index contributed by atoms with van der Waals surface area (Å²) in [6.07, 6.45) is 2.62. The molecule has 1 aromatic heterocycles. The third kappa shape index (κ3) is 3.45. The second-order valence-corrected chi connectivity index (χ2v) is 6.86. The number of aromatic nitrogens is 1. The maximum Gasteiger partial charge on any atom is 0.245 e. The SMILES string of the molecule is CN1CCN(C)C(CNS(=O)(=O)c2c[nH]ccc2=O)C1. The van der Waals surface area contributed by atoms with Gasteiger partial charge in [-0.25, -0.2) is 13.1 Å². The van der Waals surface area contributed by atoms with Gasteiger partial charge in [0.1, 0.15) is 4.90 Å². The average molecular weight is 300 g/mol. The molecule has 0 radical (unpaired) electrons. The van der Waals surface area contributed by atoms with E-state index in [9.17, 15) is 13.2 Å². The van der Waals surface area contributed by atoms with Crippen molar-refractivity contribution in [3.8, 4) is 0 Å². The van der Waals surface area contributed by atoms with Gasteiger partial charge in [-0.2, -0.15) is 0 Å². The summed E-state index contributed by atoms with van der Waals surface area (Å²) in [6.45, 7) is 2.95. The van der Waals surface area contributed by atoms with Crippen LogP contribution >= 0.6 is 0 Å². The van der Waals surface area contributed by atoms with Crippen LogP contribution < -0.4 is 10.2 Å². The molecule has 0 aromatic carbocycles. The number of nitrogens with zero attached hydrogens (tertiary/aromatic N) is 2. The van der Waals surface area contributed by atoms with Crippen LogP contribution in [0.4, 0.5) is 0 Å². The monoisotopic (exact) mass is 300 g/mol. The van der Waals surface area contributed by atoms with Crippen LogP contribution in [-0.2, 0) is 10.0 Å². The lowest BCUT2D eigenvalue weighted by Gasteiger charge is -2.37. The molecular weight excluding hydrogens is 280 g/mol. The Morgan fingerprint density at radius 2 is 2.15 bits per heavy atom. The second kappa shape index (κ2) is 6.04. The number of sulfonamides is 1. The van der Waals surface area contributed by atoms with Crippen LogP contribution in [0.15, 0.2) is 28.2 Å². The van der Waals surface area contributed by atoms with Crippen LogP contribution in [0.1, 0.15) is 0 Å². The van der Waals surface area contributed by atoms with Gasteiger partial charge in [-0.15, -0.1) is 0 Å². The van der Waals surface area contributed by atoms with Crippen molar-refractivity contribution in [3.05, 3.63) is 28.7 Å². The second-order valence-electron chi connectivity index (χ2n) is 5.12. The number of pyridine rings is 1. The third-order valence-electron chi connectivity index (χ3n) is 3.57. The average Bonchev–Trinajstić information content (AvgIpc) is 2.40. The van der Waals surface area contributed by atoms with Crippen LogP contribution in [0.25, 0.3) is 0 Å². The largest absolute Gasteiger partial charge is 0.366 e. The Morgan fingerprint density at radius 3 is 2.85 bits per heavy atom. The lowest BCUT2D eigenvalue weighted by molar-refractivity contribution is 0.117. The molecule has 20 heavy (non-hydrogen) atoms. The van der Waals surface area contributed by atoms with Crippen molar-refractivity contribution in [2.75, 3.05) is 40.3 Å². The van der Waals surface area contributed by atoms with Crippen LogP contribution in [-0.4, -0.2) is 69.5 Å². The van der Waals surface area contributed by atoms with Crippen molar-refractivity contribution in [2.45, 2.75) is 10.9 Å². The summed E-state index contributed by atoms with van der Waals surface area (Å²) in [5, 5.41) is 0. The Kier molecular flexibility index (Phi) is 4.59. The highest BCUT2D eigenvalue weighted by molar-refractivity contribution is 7.89. The molecule has 0 bridgehead atoms. The zero-order chi connectivity index (χ0) is 14.8. The number of likely N-dealkylation sites (N-methyl/N-ethyl adjacent to an activating group) is 2. The highest BCUT2D eigenvalue weighted by Gasteiger charge is 2.25. The lowest BCUT2D eigenvalue weighted by Crippen LogP contribution is -2.54. The van der Waals surface area contributed by atoms with Crippen molar-refractivity contribution in [1.82, 2.24) is 19.5 Å². The number of nitrogens with one attached hydrogen (secondary N) is 2. The van der Waals surface area contributed by atoms with E-state index < -0.39 is 15.5 Å². The standard InChI is InChI=1S/C12H20N4O3S/c1-15-5-6-16(2)10(9-15)7-14-20(18,19)12-8-13-4-3-11(12)17/h3-4,8,10,14H,5-7,9H2,1-2H3,(H,13,17). The molecule has 7 nitrogen and oxygen atoms in total. The number of hydrogen-bond acceptors (Lipinski definition) is 5. The van der Waals surface area contributed by atoms with E-state index in [4.69, 9.17) is 0 Å². The van der Waals surface area contributed by atoms with Crippen LogP contribution in [0, 0.1) is 0 Å². The Bertz CT molecular complexity index is 613. The maximum atomic E-state index is 12.1. The smallest absolute Gasteiger partial charge is 0.245 e. The zero-order valence-corrected chi connectivity index (χ0v) is 12.5.